The van der Waals surface area contributed by atoms with E-state index in [9.17, 15) is 8.78 Å². The molecule has 96 valence electrons. The van der Waals surface area contributed by atoms with E-state index in [1.165, 1.54) is 6.07 Å². The molecule has 1 heterocycles. The molecule has 0 bridgehead atoms. The minimum Gasteiger partial charge on any atom is -0.319 e. The molecule has 2 aromatic rings. The molecule has 5 heteroatoms. The van der Waals surface area contributed by atoms with Crippen LogP contribution in [0.2, 0.25) is 0 Å². The van der Waals surface area contributed by atoms with Crippen LogP contribution >= 0.6 is 0 Å². The summed E-state index contributed by atoms with van der Waals surface area (Å²) in [6.07, 6.45) is 0.800. The summed E-state index contributed by atoms with van der Waals surface area (Å²) >= 11 is 0. The number of rotatable bonds is 4. The molecule has 0 unspecified atom stereocenters. The lowest BCUT2D eigenvalue weighted by Gasteiger charge is -2.02. The second kappa shape index (κ2) is 5.27. The first kappa shape index (κ1) is 12.7. The molecular weight excluding hydrogens is 236 g/mol. The van der Waals surface area contributed by atoms with Gasteiger partial charge in [0.05, 0.1) is 11.4 Å². The Hall–Kier alpha value is -1.75. The Morgan fingerprint density at radius 3 is 2.67 bits per heavy atom. The number of halogens is 2. The van der Waals surface area contributed by atoms with Gasteiger partial charge in [-0.2, -0.15) is 5.10 Å². The molecule has 0 aliphatic rings. The van der Waals surface area contributed by atoms with Crippen molar-refractivity contribution >= 4 is 0 Å². The lowest BCUT2D eigenvalue weighted by Crippen LogP contribution is -2.10. The molecule has 0 atom stereocenters. The number of aromatic nitrogens is 2. The number of likely N-dealkylation sites (N-methyl/N-ethyl adjacent to an activating group) is 1. The van der Waals surface area contributed by atoms with Crippen molar-refractivity contribution in [2.24, 2.45) is 7.05 Å². The summed E-state index contributed by atoms with van der Waals surface area (Å²) in [5.74, 6) is -1.68. The lowest BCUT2D eigenvalue weighted by atomic mass is 10.1. The Kier molecular flexibility index (Phi) is 3.72. The van der Waals surface area contributed by atoms with Gasteiger partial charge in [0.1, 0.15) is 0 Å². The van der Waals surface area contributed by atoms with Crippen LogP contribution in [0, 0.1) is 11.6 Å². The van der Waals surface area contributed by atoms with Gasteiger partial charge in [0.15, 0.2) is 11.6 Å². The highest BCUT2D eigenvalue weighted by atomic mass is 19.2. The predicted octanol–water partition coefficient (Wildman–Crippen LogP) is 2.13. The molecule has 0 spiro atoms. The highest BCUT2D eigenvalue weighted by Gasteiger charge is 2.10. The molecule has 0 aliphatic heterocycles. The van der Waals surface area contributed by atoms with Crippen LogP contribution in [-0.2, 0) is 13.5 Å². The van der Waals surface area contributed by atoms with E-state index >= 15 is 0 Å². The first-order chi connectivity index (χ1) is 8.61. The topological polar surface area (TPSA) is 29.9 Å². The largest absolute Gasteiger partial charge is 0.319 e. The van der Waals surface area contributed by atoms with Crippen molar-refractivity contribution in [3.05, 3.63) is 41.6 Å². The minimum atomic E-state index is -0.842. The van der Waals surface area contributed by atoms with Crippen LogP contribution in [0.25, 0.3) is 11.3 Å². The number of benzene rings is 1. The smallest absolute Gasteiger partial charge is 0.159 e. The van der Waals surface area contributed by atoms with Crippen molar-refractivity contribution in [3.8, 4) is 11.3 Å². The molecule has 1 aromatic carbocycles. The van der Waals surface area contributed by atoms with E-state index in [0.717, 1.165) is 30.4 Å². The zero-order valence-corrected chi connectivity index (χ0v) is 10.4. The Bertz CT molecular complexity index is 549. The maximum Gasteiger partial charge on any atom is 0.159 e. The van der Waals surface area contributed by atoms with Gasteiger partial charge in [-0.3, -0.25) is 4.68 Å². The number of nitrogens with zero attached hydrogens (tertiary/aromatic N) is 2. The highest BCUT2D eigenvalue weighted by Crippen LogP contribution is 2.22. The van der Waals surface area contributed by atoms with Crippen molar-refractivity contribution < 1.29 is 8.78 Å². The predicted molar refractivity (Wildman–Crippen MR) is 66.2 cm³/mol. The van der Waals surface area contributed by atoms with Gasteiger partial charge in [-0.1, -0.05) is 0 Å². The third-order valence-corrected chi connectivity index (χ3v) is 2.78. The SMILES string of the molecule is CNCCc1cc(-c2ccc(F)c(F)c2)n(C)n1. The normalized spacial score (nSPS) is 10.9. The van der Waals surface area contributed by atoms with Gasteiger partial charge in [-0.15, -0.1) is 0 Å². The van der Waals surface area contributed by atoms with E-state index in [2.05, 4.69) is 10.4 Å². The Labute approximate surface area is 104 Å². The summed E-state index contributed by atoms with van der Waals surface area (Å²) in [5.41, 5.74) is 2.33. The van der Waals surface area contributed by atoms with Gasteiger partial charge in [-0.05, 0) is 31.3 Å². The maximum absolute atomic E-state index is 13.2. The Morgan fingerprint density at radius 1 is 1.22 bits per heavy atom. The molecule has 0 amide bonds. The summed E-state index contributed by atoms with van der Waals surface area (Å²) < 4.78 is 27.8. The third kappa shape index (κ3) is 2.56. The van der Waals surface area contributed by atoms with E-state index in [4.69, 9.17) is 0 Å². The molecule has 0 fully saturated rings. The van der Waals surface area contributed by atoms with E-state index in [1.54, 1.807) is 17.8 Å². The van der Waals surface area contributed by atoms with Crippen molar-refractivity contribution in [2.45, 2.75) is 6.42 Å². The van der Waals surface area contributed by atoms with Crippen LogP contribution < -0.4 is 5.32 Å². The summed E-state index contributed by atoms with van der Waals surface area (Å²) in [7, 11) is 3.67. The van der Waals surface area contributed by atoms with Crippen molar-refractivity contribution in [3.63, 3.8) is 0 Å². The Morgan fingerprint density at radius 2 is 2.00 bits per heavy atom. The van der Waals surface area contributed by atoms with Crippen LogP contribution in [0.5, 0.6) is 0 Å². The number of hydrogen-bond acceptors (Lipinski definition) is 2. The van der Waals surface area contributed by atoms with E-state index in [1.807, 2.05) is 13.1 Å². The molecule has 0 aliphatic carbocycles. The average molecular weight is 251 g/mol. The van der Waals surface area contributed by atoms with Gasteiger partial charge >= 0.3 is 0 Å². The average Bonchev–Trinajstić information content (AvgIpc) is 2.71. The standard InChI is InChI=1S/C13H15F2N3/c1-16-6-5-10-8-13(18(2)17-10)9-3-4-11(14)12(15)7-9/h3-4,7-8,16H,5-6H2,1-2H3. The van der Waals surface area contributed by atoms with Gasteiger partial charge < -0.3 is 5.32 Å². The molecule has 2 rings (SSSR count). The first-order valence-electron chi connectivity index (χ1n) is 5.74. The Balaban J connectivity index is 2.32. The molecule has 0 saturated carbocycles. The fourth-order valence-electron chi connectivity index (χ4n) is 1.83. The highest BCUT2D eigenvalue weighted by molar-refractivity contribution is 5.60. The van der Waals surface area contributed by atoms with E-state index in [-0.39, 0.29) is 0 Å². The number of nitrogens with one attached hydrogen (secondary N) is 1. The second-order valence-electron chi connectivity index (χ2n) is 4.13. The number of hydrogen-bond donors (Lipinski definition) is 1. The van der Waals surface area contributed by atoms with E-state index < -0.39 is 11.6 Å². The molecule has 1 N–H and O–H groups in total. The van der Waals surface area contributed by atoms with Crippen molar-refractivity contribution in [1.29, 1.82) is 0 Å². The van der Waals surface area contributed by atoms with Crippen molar-refractivity contribution in [1.82, 2.24) is 15.1 Å². The third-order valence-electron chi connectivity index (χ3n) is 2.78. The number of aryl methyl sites for hydroxylation is 1. The zero-order chi connectivity index (χ0) is 13.1. The summed E-state index contributed by atoms with van der Waals surface area (Å²) in [6.45, 7) is 0.828. The van der Waals surface area contributed by atoms with Gasteiger partial charge in [0, 0.05) is 25.6 Å². The maximum atomic E-state index is 13.2. The molecule has 18 heavy (non-hydrogen) atoms. The van der Waals surface area contributed by atoms with Crippen LogP contribution in [0.3, 0.4) is 0 Å². The van der Waals surface area contributed by atoms with Crippen LogP contribution in [0.4, 0.5) is 8.78 Å². The van der Waals surface area contributed by atoms with Crippen LogP contribution in [-0.4, -0.2) is 23.4 Å². The quantitative estimate of drug-likeness (QED) is 0.902. The monoisotopic (exact) mass is 251 g/mol. The molecule has 0 radical (unpaired) electrons. The molecule has 3 nitrogen and oxygen atoms in total. The summed E-state index contributed by atoms with van der Waals surface area (Å²) in [5, 5.41) is 7.38. The fraction of sp³-hybridized carbons (Fsp3) is 0.308. The van der Waals surface area contributed by atoms with Crippen LogP contribution in [0.15, 0.2) is 24.3 Å². The zero-order valence-electron chi connectivity index (χ0n) is 10.4. The second-order valence-corrected chi connectivity index (χ2v) is 4.13. The molecule has 1 aromatic heterocycles. The van der Waals surface area contributed by atoms with Gasteiger partial charge in [-0.25, -0.2) is 8.78 Å². The first-order valence-corrected chi connectivity index (χ1v) is 5.74. The minimum absolute atomic E-state index is 0.625. The van der Waals surface area contributed by atoms with E-state index in [0.29, 0.717) is 5.56 Å². The summed E-state index contributed by atoms with van der Waals surface area (Å²) in [4.78, 5) is 0. The van der Waals surface area contributed by atoms with Gasteiger partial charge in [0.2, 0.25) is 0 Å². The summed E-state index contributed by atoms with van der Waals surface area (Å²) in [6, 6.07) is 5.76. The fourth-order valence-corrected chi connectivity index (χ4v) is 1.83. The van der Waals surface area contributed by atoms with Crippen LogP contribution in [0.1, 0.15) is 5.69 Å². The van der Waals surface area contributed by atoms with Gasteiger partial charge in [0.25, 0.3) is 0 Å². The molecular formula is C13H15F2N3. The molecule has 0 saturated heterocycles. The lowest BCUT2D eigenvalue weighted by molar-refractivity contribution is 0.509. The van der Waals surface area contributed by atoms with Crippen molar-refractivity contribution in [2.75, 3.05) is 13.6 Å².